The Bertz CT molecular complexity index is 1070. The molecule has 0 saturated carbocycles. The smallest absolute Gasteiger partial charge is 0.341 e. The van der Waals surface area contributed by atoms with Crippen molar-refractivity contribution in [2.24, 2.45) is 0 Å². The molecule has 0 aliphatic carbocycles. The molecule has 0 saturated heterocycles. The zero-order chi connectivity index (χ0) is 22.5. The van der Waals surface area contributed by atoms with Crippen molar-refractivity contribution < 1.29 is 18.7 Å². The van der Waals surface area contributed by atoms with Crippen molar-refractivity contribution in [3.63, 3.8) is 0 Å². The highest BCUT2D eigenvalue weighted by molar-refractivity contribution is 9.10. The summed E-state index contributed by atoms with van der Waals surface area (Å²) >= 11 is 5.96. The monoisotopic (exact) mass is 526 g/mol. The molecule has 0 atom stereocenters. The van der Waals surface area contributed by atoms with Crippen LogP contribution in [0.2, 0.25) is 0 Å². The lowest BCUT2D eigenvalue weighted by Crippen LogP contribution is -2.16. The number of nitrogens with one attached hydrogen (secondary N) is 1. The maximum atomic E-state index is 12.6. The van der Waals surface area contributed by atoms with E-state index in [9.17, 15) is 9.59 Å². The largest absolute Gasteiger partial charge is 0.462 e. The molecular weight excluding hydrogens is 504 g/mol. The molecule has 0 radical (unpaired) electrons. The van der Waals surface area contributed by atoms with Crippen molar-refractivity contribution >= 4 is 55.9 Å². The van der Waals surface area contributed by atoms with E-state index < -0.39 is 5.97 Å². The summed E-state index contributed by atoms with van der Waals surface area (Å²) in [7, 11) is 0. The Morgan fingerprint density at radius 3 is 2.71 bits per heavy atom. The minimum absolute atomic E-state index is 0.0688. The number of hydrogen-bond donors (Lipinski definition) is 1. The number of halogens is 1. The summed E-state index contributed by atoms with van der Waals surface area (Å²) < 4.78 is 13.2. The zero-order valence-electron chi connectivity index (χ0n) is 17.6. The molecular formula is C20H23BrN4O4S2. The first kappa shape index (κ1) is 23.6. The summed E-state index contributed by atoms with van der Waals surface area (Å²) in [5, 5.41) is 12.4. The van der Waals surface area contributed by atoms with Crippen LogP contribution in [0.25, 0.3) is 11.6 Å². The fourth-order valence-electron chi connectivity index (χ4n) is 2.81. The van der Waals surface area contributed by atoms with Gasteiger partial charge in [0.2, 0.25) is 11.7 Å². The van der Waals surface area contributed by atoms with E-state index in [0.29, 0.717) is 32.0 Å². The fraction of sp³-hybridized carbons (Fsp3) is 0.400. The summed E-state index contributed by atoms with van der Waals surface area (Å²) in [6.45, 7) is 8.05. The van der Waals surface area contributed by atoms with Crippen LogP contribution in [0.3, 0.4) is 0 Å². The second kappa shape index (κ2) is 10.5. The van der Waals surface area contributed by atoms with Crippen molar-refractivity contribution in [1.82, 2.24) is 14.8 Å². The third kappa shape index (κ3) is 5.58. The number of thiophene rings is 1. The molecule has 1 amide bonds. The van der Waals surface area contributed by atoms with Crippen LogP contribution in [0.15, 0.2) is 32.4 Å². The first-order chi connectivity index (χ1) is 14.8. The molecule has 166 valence electrons. The van der Waals surface area contributed by atoms with Crippen LogP contribution in [0.5, 0.6) is 0 Å². The maximum Gasteiger partial charge on any atom is 0.341 e. The summed E-state index contributed by atoms with van der Waals surface area (Å²) in [5.41, 5.74) is 0.387. The van der Waals surface area contributed by atoms with Gasteiger partial charge in [-0.2, -0.15) is 0 Å². The van der Waals surface area contributed by atoms with Crippen LogP contribution in [0.4, 0.5) is 5.00 Å². The number of nitrogens with zero attached hydrogens (tertiary/aromatic N) is 3. The number of anilines is 1. The molecule has 0 unspecified atom stereocenters. The van der Waals surface area contributed by atoms with E-state index in [-0.39, 0.29) is 24.3 Å². The van der Waals surface area contributed by atoms with Gasteiger partial charge in [-0.1, -0.05) is 18.7 Å². The number of aryl methyl sites for hydroxylation is 1. The van der Waals surface area contributed by atoms with E-state index in [1.165, 1.54) is 23.1 Å². The van der Waals surface area contributed by atoms with Crippen LogP contribution in [0.1, 0.15) is 49.0 Å². The number of amides is 1. The van der Waals surface area contributed by atoms with Crippen LogP contribution in [0, 0.1) is 0 Å². The Hall–Kier alpha value is -2.11. The molecule has 31 heavy (non-hydrogen) atoms. The van der Waals surface area contributed by atoms with Gasteiger partial charge in [-0.25, -0.2) is 4.79 Å². The first-order valence-electron chi connectivity index (χ1n) is 9.77. The highest BCUT2D eigenvalue weighted by atomic mass is 79.9. The highest BCUT2D eigenvalue weighted by Crippen LogP contribution is 2.32. The molecule has 0 aliphatic heterocycles. The molecule has 0 aliphatic rings. The first-order valence-corrected chi connectivity index (χ1v) is 12.4. The molecule has 0 fully saturated rings. The lowest BCUT2D eigenvalue weighted by atomic mass is 10.2. The Balaban J connectivity index is 1.73. The van der Waals surface area contributed by atoms with Gasteiger partial charge in [-0.15, -0.1) is 21.5 Å². The molecule has 3 aromatic heterocycles. The molecule has 0 spiro atoms. The van der Waals surface area contributed by atoms with Crippen molar-refractivity contribution in [2.45, 2.75) is 45.3 Å². The predicted octanol–water partition coefficient (Wildman–Crippen LogP) is 5.41. The molecule has 3 aromatic rings. The lowest BCUT2D eigenvalue weighted by molar-refractivity contribution is -0.113. The summed E-state index contributed by atoms with van der Waals surface area (Å²) in [6.07, 6.45) is 0.769. The van der Waals surface area contributed by atoms with E-state index in [1.807, 2.05) is 31.4 Å². The van der Waals surface area contributed by atoms with Crippen molar-refractivity contribution in [3.05, 3.63) is 33.3 Å². The standard InChI is InChI=1S/C20H23BrN4O4S2/c1-5-12-9-13(19(27)28-6-2)18(31-12)22-16(26)10-30-20-24-23-17(25(20)11(3)4)14-7-8-15(21)29-14/h7-9,11H,5-6,10H2,1-4H3,(H,22,26). The molecule has 11 heteroatoms. The average Bonchev–Trinajstić information content (AvgIpc) is 3.44. The Morgan fingerprint density at radius 2 is 2.10 bits per heavy atom. The number of carbonyl (C=O) groups excluding carboxylic acids is 2. The number of aromatic nitrogens is 3. The van der Waals surface area contributed by atoms with E-state index in [0.717, 1.165) is 11.3 Å². The van der Waals surface area contributed by atoms with Gasteiger partial charge >= 0.3 is 5.97 Å². The minimum Gasteiger partial charge on any atom is -0.462 e. The number of ether oxygens (including phenoxy) is 1. The fourth-order valence-corrected chi connectivity index (χ4v) is 4.98. The number of thioether (sulfide) groups is 1. The topological polar surface area (TPSA) is 99.2 Å². The zero-order valence-corrected chi connectivity index (χ0v) is 20.8. The third-order valence-electron chi connectivity index (χ3n) is 4.19. The molecule has 3 rings (SSSR count). The highest BCUT2D eigenvalue weighted by Gasteiger charge is 2.22. The van der Waals surface area contributed by atoms with Crippen LogP contribution in [-0.4, -0.2) is 39.0 Å². The van der Waals surface area contributed by atoms with Gasteiger partial charge in [0.15, 0.2) is 15.6 Å². The average molecular weight is 527 g/mol. The molecule has 0 bridgehead atoms. The predicted molar refractivity (Wildman–Crippen MR) is 125 cm³/mol. The number of carbonyl (C=O) groups is 2. The Labute approximate surface area is 196 Å². The van der Waals surface area contributed by atoms with Gasteiger partial charge in [0.1, 0.15) is 5.00 Å². The second-order valence-corrected chi connectivity index (χ2v) is 9.60. The van der Waals surface area contributed by atoms with Gasteiger partial charge in [0.25, 0.3) is 0 Å². The molecule has 8 nitrogen and oxygen atoms in total. The van der Waals surface area contributed by atoms with E-state index in [2.05, 4.69) is 31.4 Å². The summed E-state index contributed by atoms with van der Waals surface area (Å²) in [4.78, 5) is 25.8. The second-order valence-electron chi connectivity index (χ2n) is 6.74. The Morgan fingerprint density at radius 1 is 1.32 bits per heavy atom. The van der Waals surface area contributed by atoms with E-state index in [4.69, 9.17) is 9.15 Å². The number of esters is 1. The van der Waals surface area contributed by atoms with E-state index in [1.54, 1.807) is 19.1 Å². The van der Waals surface area contributed by atoms with Gasteiger partial charge in [-0.3, -0.25) is 9.36 Å². The van der Waals surface area contributed by atoms with Gasteiger partial charge in [0, 0.05) is 10.9 Å². The molecule has 3 heterocycles. The van der Waals surface area contributed by atoms with Crippen molar-refractivity contribution in [3.8, 4) is 11.6 Å². The minimum atomic E-state index is -0.435. The van der Waals surface area contributed by atoms with E-state index >= 15 is 0 Å². The quantitative estimate of drug-likeness (QED) is 0.293. The Kier molecular flexibility index (Phi) is 7.95. The van der Waals surface area contributed by atoms with Gasteiger partial charge in [-0.05, 0) is 61.3 Å². The number of hydrogen-bond acceptors (Lipinski definition) is 8. The van der Waals surface area contributed by atoms with Crippen molar-refractivity contribution in [1.29, 1.82) is 0 Å². The SMILES string of the molecule is CCOC(=O)c1cc(CC)sc1NC(=O)CSc1nnc(-c2ccc(Br)o2)n1C(C)C. The van der Waals surface area contributed by atoms with Gasteiger partial charge < -0.3 is 14.5 Å². The number of rotatable bonds is 9. The van der Waals surface area contributed by atoms with Crippen molar-refractivity contribution in [2.75, 3.05) is 17.7 Å². The maximum absolute atomic E-state index is 12.6. The van der Waals surface area contributed by atoms with Gasteiger partial charge in [0.05, 0.1) is 17.9 Å². The van der Waals surface area contributed by atoms with Crippen LogP contribution >= 0.6 is 39.0 Å². The molecule has 0 aromatic carbocycles. The van der Waals surface area contributed by atoms with Crippen LogP contribution < -0.4 is 5.32 Å². The summed E-state index contributed by atoms with van der Waals surface area (Å²) in [6, 6.07) is 5.45. The molecule has 1 N–H and O–H groups in total. The third-order valence-corrected chi connectivity index (χ3v) is 6.75. The van der Waals surface area contributed by atoms with Crippen LogP contribution in [-0.2, 0) is 16.0 Å². The summed E-state index contributed by atoms with van der Waals surface area (Å²) in [5.74, 6) is 0.637. The normalized spacial score (nSPS) is 11.2. The lowest BCUT2D eigenvalue weighted by Gasteiger charge is -2.12. The number of furan rings is 1.